The zero-order valence-electron chi connectivity index (χ0n) is 16.4. The third kappa shape index (κ3) is 5.46. The lowest BCUT2D eigenvalue weighted by molar-refractivity contribution is 0.0376. The largest absolute Gasteiger partial charge is 0.379 e. The number of aryl methyl sites for hydroxylation is 1. The first-order valence-electron chi connectivity index (χ1n) is 9.45. The average molecular weight is 507 g/mol. The average Bonchev–Trinajstić information content (AvgIpc) is 3.32. The summed E-state index contributed by atoms with van der Waals surface area (Å²) in [7, 11) is 0. The molecule has 1 aliphatic heterocycles. The zero-order chi connectivity index (χ0) is 20.4. The molecule has 5 nitrogen and oxygen atoms in total. The molecule has 1 aliphatic rings. The van der Waals surface area contributed by atoms with Crippen LogP contribution in [0.1, 0.15) is 21.7 Å². The second-order valence-corrected chi connectivity index (χ2v) is 10.1. The number of hydrogen-bond donors (Lipinski definition) is 0. The molecule has 1 aromatic carbocycles. The van der Waals surface area contributed by atoms with E-state index in [1.807, 2.05) is 19.1 Å². The number of nitrogens with zero attached hydrogens (tertiary/aromatic N) is 3. The van der Waals surface area contributed by atoms with Gasteiger partial charge in [0.25, 0.3) is 5.91 Å². The van der Waals surface area contributed by atoms with Crippen molar-refractivity contribution < 1.29 is 9.53 Å². The maximum absolute atomic E-state index is 13.3. The first kappa shape index (κ1) is 23.7. The second-order valence-electron chi connectivity index (χ2n) is 6.93. The molecule has 0 N–H and O–H groups in total. The van der Waals surface area contributed by atoms with Crippen LogP contribution in [0.2, 0.25) is 9.36 Å². The van der Waals surface area contributed by atoms with Gasteiger partial charge in [-0.25, -0.2) is 4.98 Å². The predicted molar refractivity (Wildman–Crippen MR) is 129 cm³/mol. The number of anilines is 1. The van der Waals surface area contributed by atoms with E-state index in [2.05, 4.69) is 4.90 Å². The summed E-state index contributed by atoms with van der Waals surface area (Å²) in [6.07, 6.45) is 0.862. The number of benzene rings is 1. The van der Waals surface area contributed by atoms with Gasteiger partial charge in [-0.15, -0.1) is 23.7 Å². The van der Waals surface area contributed by atoms with Crippen LogP contribution >= 0.6 is 58.3 Å². The van der Waals surface area contributed by atoms with Crippen LogP contribution in [0.25, 0.3) is 10.2 Å². The molecule has 0 radical (unpaired) electrons. The molecule has 0 aliphatic carbocycles. The highest BCUT2D eigenvalue weighted by Gasteiger charge is 2.23. The molecule has 0 saturated carbocycles. The van der Waals surface area contributed by atoms with E-state index in [4.69, 9.17) is 32.9 Å². The molecule has 4 rings (SSSR count). The third-order valence-electron chi connectivity index (χ3n) is 4.86. The van der Waals surface area contributed by atoms with Gasteiger partial charge >= 0.3 is 0 Å². The summed E-state index contributed by atoms with van der Waals surface area (Å²) in [5.74, 6) is -0.0633. The molecule has 3 heterocycles. The smallest absolute Gasteiger partial charge is 0.270 e. The van der Waals surface area contributed by atoms with Crippen molar-refractivity contribution in [2.45, 2.75) is 13.3 Å². The van der Waals surface area contributed by atoms with Gasteiger partial charge in [0.2, 0.25) is 0 Å². The molecule has 0 unspecified atom stereocenters. The first-order chi connectivity index (χ1) is 14.0. The zero-order valence-corrected chi connectivity index (χ0v) is 20.4. The van der Waals surface area contributed by atoms with Gasteiger partial charge in [-0.3, -0.25) is 14.6 Å². The first-order valence-corrected chi connectivity index (χ1v) is 11.8. The van der Waals surface area contributed by atoms with Crippen LogP contribution in [-0.2, 0) is 4.74 Å². The van der Waals surface area contributed by atoms with Crippen molar-refractivity contribution in [3.8, 4) is 0 Å². The summed E-state index contributed by atoms with van der Waals surface area (Å²) < 4.78 is 7.00. The van der Waals surface area contributed by atoms with E-state index in [1.165, 1.54) is 22.7 Å². The normalized spacial score (nSPS) is 14.6. The van der Waals surface area contributed by atoms with E-state index in [0.717, 1.165) is 55.0 Å². The molecule has 0 atom stereocenters. The van der Waals surface area contributed by atoms with Crippen LogP contribution < -0.4 is 4.90 Å². The van der Waals surface area contributed by atoms with E-state index in [9.17, 15) is 4.79 Å². The molecule has 0 bridgehead atoms. The number of carbonyl (C=O) groups is 1. The van der Waals surface area contributed by atoms with Crippen molar-refractivity contribution in [2.75, 3.05) is 44.3 Å². The Morgan fingerprint density at radius 3 is 2.70 bits per heavy atom. The Morgan fingerprint density at radius 2 is 2.00 bits per heavy atom. The Bertz CT molecular complexity index is 1020. The van der Waals surface area contributed by atoms with Crippen molar-refractivity contribution in [1.29, 1.82) is 0 Å². The highest BCUT2D eigenvalue weighted by molar-refractivity contribution is 7.22. The maximum Gasteiger partial charge on any atom is 0.270 e. The molecule has 1 fully saturated rings. The van der Waals surface area contributed by atoms with Crippen LogP contribution in [0, 0.1) is 6.92 Å². The quantitative estimate of drug-likeness (QED) is 0.426. The van der Waals surface area contributed by atoms with Gasteiger partial charge < -0.3 is 4.74 Å². The summed E-state index contributed by atoms with van der Waals surface area (Å²) in [5, 5.41) is 1.38. The molecule has 10 heteroatoms. The molecule has 2 aromatic heterocycles. The lowest BCUT2D eigenvalue weighted by Gasteiger charge is -2.27. The third-order valence-corrected chi connectivity index (χ3v) is 7.32. The Labute approximate surface area is 200 Å². The lowest BCUT2D eigenvalue weighted by Crippen LogP contribution is -2.39. The topological polar surface area (TPSA) is 45.7 Å². The van der Waals surface area contributed by atoms with Crippen LogP contribution in [-0.4, -0.2) is 55.2 Å². The van der Waals surface area contributed by atoms with E-state index < -0.39 is 0 Å². The fourth-order valence-corrected chi connectivity index (χ4v) is 5.82. The number of aromatic nitrogens is 1. The number of fused-ring (bicyclic) bond motifs is 1. The van der Waals surface area contributed by atoms with Gasteiger partial charge in [0.1, 0.15) is 0 Å². The second kappa shape index (κ2) is 10.6. The molecular weight excluding hydrogens is 485 g/mol. The van der Waals surface area contributed by atoms with Crippen LogP contribution in [0.15, 0.2) is 24.3 Å². The van der Waals surface area contributed by atoms with E-state index >= 15 is 0 Å². The molecule has 1 amide bonds. The fourth-order valence-electron chi connectivity index (χ4n) is 3.38. The van der Waals surface area contributed by atoms with E-state index in [-0.39, 0.29) is 18.3 Å². The van der Waals surface area contributed by atoms with Gasteiger partial charge in [-0.2, -0.15) is 0 Å². The number of halogens is 3. The Morgan fingerprint density at radius 1 is 1.23 bits per heavy atom. The van der Waals surface area contributed by atoms with Crippen molar-refractivity contribution in [3.63, 3.8) is 0 Å². The van der Waals surface area contributed by atoms with Gasteiger partial charge in [-0.1, -0.05) is 34.5 Å². The van der Waals surface area contributed by atoms with E-state index in [0.29, 0.717) is 25.9 Å². The van der Waals surface area contributed by atoms with Crippen LogP contribution in [0.4, 0.5) is 5.13 Å². The Kier molecular flexibility index (Phi) is 8.38. The monoisotopic (exact) mass is 505 g/mol. The highest BCUT2D eigenvalue weighted by atomic mass is 35.5. The maximum atomic E-state index is 13.3. The van der Waals surface area contributed by atoms with Gasteiger partial charge in [0, 0.05) is 31.2 Å². The molecular formula is C20H22Cl3N3O2S2. The molecule has 162 valence electrons. The minimum absolute atomic E-state index is 0. The van der Waals surface area contributed by atoms with Crippen molar-refractivity contribution in [2.24, 2.45) is 0 Å². The fraction of sp³-hybridized carbons (Fsp3) is 0.400. The summed E-state index contributed by atoms with van der Waals surface area (Å²) in [4.78, 5) is 22.8. The molecule has 3 aromatic rings. The van der Waals surface area contributed by atoms with Crippen molar-refractivity contribution >= 4 is 79.5 Å². The number of rotatable bonds is 6. The summed E-state index contributed by atoms with van der Waals surface area (Å²) in [6.45, 7) is 6.93. The number of amides is 1. The van der Waals surface area contributed by atoms with Gasteiger partial charge in [0.15, 0.2) is 5.13 Å². The van der Waals surface area contributed by atoms with Gasteiger partial charge in [0.05, 0.1) is 32.6 Å². The van der Waals surface area contributed by atoms with Crippen molar-refractivity contribution in [3.05, 3.63) is 44.1 Å². The number of thiazole rings is 1. The van der Waals surface area contributed by atoms with Crippen LogP contribution in [0.5, 0.6) is 0 Å². The number of hydrogen-bond acceptors (Lipinski definition) is 6. The van der Waals surface area contributed by atoms with E-state index in [1.54, 1.807) is 17.0 Å². The Balaban J connectivity index is 0.00000256. The standard InChI is InChI=1S/C20H21Cl2N3O2S2.ClH/c1-13-11-14(21)12-16-18(13)23-20(29-16)25(19(26)15-3-4-17(22)28-15)6-2-5-24-7-9-27-10-8-24;/h3-4,11-12H,2,5-10H2,1H3;1H. The summed E-state index contributed by atoms with van der Waals surface area (Å²) >= 11 is 15.1. The minimum atomic E-state index is -0.0633. The van der Waals surface area contributed by atoms with Crippen LogP contribution in [0.3, 0.4) is 0 Å². The number of thiophene rings is 1. The highest BCUT2D eigenvalue weighted by Crippen LogP contribution is 2.34. The molecule has 30 heavy (non-hydrogen) atoms. The SMILES string of the molecule is Cc1cc(Cl)cc2sc(N(CCCN3CCOCC3)C(=O)c3ccc(Cl)s3)nc12.Cl. The Hall–Kier alpha value is -0.930. The number of carbonyl (C=O) groups excluding carboxylic acids is 1. The lowest BCUT2D eigenvalue weighted by atomic mass is 10.2. The molecule has 0 spiro atoms. The predicted octanol–water partition coefficient (Wildman–Crippen LogP) is 5.76. The number of morpholine rings is 1. The van der Waals surface area contributed by atoms with Gasteiger partial charge in [-0.05, 0) is 43.2 Å². The molecule has 1 saturated heterocycles. The summed E-state index contributed by atoms with van der Waals surface area (Å²) in [6, 6.07) is 7.34. The number of ether oxygens (including phenoxy) is 1. The minimum Gasteiger partial charge on any atom is -0.379 e. The summed E-state index contributed by atoms with van der Waals surface area (Å²) in [5.41, 5.74) is 1.90. The van der Waals surface area contributed by atoms with Crippen molar-refractivity contribution in [1.82, 2.24) is 9.88 Å².